The van der Waals surface area contributed by atoms with Crippen LogP contribution in [0.3, 0.4) is 0 Å². The number of hydrogen-bond acceptors (Lipinski definition) is 2. The van der Waals surface area contributed by atoms with E-state index in [2.05, 4.69) is 11.9 Å². The molecule has 2 rings (SSSR count). The summed E-state index contributed by atoms with van der Waals surface area (Å²) in [4.78, 5) is 18.2. The minimum absolute atomic E-state index is 0.0706. The van der Waals surface area contributed by atoms with Gasteiger partial charge in [0.2, 0.25) is 0 Å². The first-order valence-corrected chi connectivity index (χ1v) is 6.95. The minimum atomic E-state index is 0.0706. The number of pyridine rings is 1. The number of hydrogen-bond donors (Lipinski definition) is 0. The second-order valence-electron chi connectivity index (χ2n) is 5.04. The van der Waals surface area contributed by atoms with Gasteiger partial charge in [0.25, 0.3) is 5.91 Å². The quantitative estimate of drug-likeness (QED) is 0.838. The molecule has 4 nitrogen and oxygen atoms in total. The summed E-state index contributed by atoms with van der Waals surface area (Å²) in [5.74, 6) is 0.0706. The molecule has 0 atom stereocenters. The van der Waals surface area contributed by atoms with E-state index < -0.39 is 0 Å². The summed E-state index contributed by atoms with van der Waals surface area (Å²) in [5, 5.41) is 0. The van der Waals surface area contributed by atoms with Crippen molar-refractivity contribution >= 4 is 5.91 Å². The van der Waals surface area contributed by atoms with Gasteiger partial charge in [-0.2, -0.15) is 0 Å². The second-order valence-corrected chi connectivity index (χ2v) is 5.04. The molecule has 0 bridgehead atoms. The Balaban J connectivity index is 2.21. The second kappa shape index (κ2) is 6.37. The fourth-order valence-electron chi connectivity index (χ4n) is 2.17. The van der Waals surface area contributed by atoms with Crippen molar-refractivity contribution in [3.8, 4) is 11.1 Å². The summed E-state index contributed by atoms with van der Waals surface area (Å²) in [5.41, 5.74) is 2.84. The first-order valence-electron chi connectivity index (χ1n) is 6.95. The number of carbonyl (C=O) groups excluding carboxylic acids is 1. The van der Waals surface area contributed by atoms with Crippen LogP contribution in [0.1, 0.15) is 30.3 Å². The molecular formula is C16H21N3O. The average molecular weight is 271 g/mol. The topological polar surface area (TPSA) is 38.1 Å². The zero-order chi connectivity index (χ0) is 14.5. The third-order valence-corrected chi connectivity index (χ3v) is 3.43. The zero-order valence-corrected chi connectivity index (χ0v) is 12.3. The lowest BCUT2D eigenvalue weighted by Crippen LogP contribution is -2.29. The summed E-state index contributed by atoms with van der Waals surface area (Å²) in [7, 11) is 3.77. The molecule has 20 heavy (non-hydrogen) atoms. The van der Waals surface area contributed by atoms with Crippen LogP contribution in [-0.4, -0.2) is 34.0 Å². The van der Waals surface area contributed by atoms with Crippen LogP contribution >= 0.6 is 0 Å². The molecule has 0 N–H and O–H groups in total. The maximum absolute atomic E-state index is 12.4. The van der Waals surface area contributed by atoms with Gasteiger partial charge in [0, 0.05) is 44.8 Å². The van der Waals surface area contributed by atoms with Crippen LogP contribution < -0.4 is 0 Å². The number of aryl methyl sites for hydroxylation is 1. The molecule has 0 fully saturated rings. The molecule has 0 aromatic carbocycles. The fraction of sp³-hybridized carbons (Fsp3) is 0.375. The van der Waals surface area contributed by atoms with Crippen molar-refractivity contribution in [1.29, 1.82) is 0 Å². The molecule has 2 aromatic rings. The highest BCUT2D eigenvalue weighted by molar-refractivity contribution is 5.94. The van der Waals surface area contributed by atoms with Gasteiger partial charge < -0.3 is 9.47 Å². The van der Waals surface area contributed by atoms with Gasteiger partial charge in [-0.15, -0.1) is 0 Å². The average Bonchev–Trinajstić information content (AvgIpc) is 2.87. The van der Waals surface area contributed by atoms with E-state index in [9.17, 15) is 4.79 Å². The van der Waals surface area contributed by atoms with Crippen molar-refractivity contribution < 1.29 is 4.79 Å². The largest absolute Gasteiger partial charge is 0.346 e. The van der Waals surface area contributed by atoms with Gasteiger partial charge in [-0.05, 0) is 30.2 Å². The number of carbonyl (C=O) groups is 1. The van der Waals surface area contributed by atoms with Gasteiger partial charge in [0.1, 0.15) is 5.69 Å². The van der Waals surface area contributed by atoms with Gasteiger partial charge in [-0.25, -0.2) is 0 Å². The molecule has 0 radical (unpaired) electrons. The van der Waals surface area contributed by atoms with Crippen molar-refractivity contribution in [2.24, 2.45) is 7.05 Å². The minimum Gasteiger partial charge on any atom is -0.346 e. The maximum atomic E-state index is 12.4. The Hall–Kier alpha value is -2.10. The fourth-order valence-corrected chi connectivity index (χ4v) is 2.17. The van der Waals surface area contributed by atoms with Crippen molar-refractivity contribution in [2.45, 2.75) is 19.8 Å². The van der Waals surface area contributed by atoms with Gasteiger partial charge >= 0.3 is 0 Å². The Kier molecular flexibility index (Phi) is 4.56. The molecule has 0 saturated carbocycles. The highest BCUT2D eigenvalue weighted by atomic mass is 16.2. The van der Waals surface area contributed by atoms with Crippen LogP contribution in [0, 0.1) is 0 Å². The normalized spacial score (nSPS) is 10.6. The number of nitrogens with zero attached hydrogens (tertiary/aromatic N) is 3. The van der Waals surface area contributed by atoms with Crippen molar-refractivity contribution in [2.75, 3.05) is 13.6 Å². The Labute approximate surface area is 120 Å². The predicted molar refractivity (Wildman–Crippen MR) is 80.5 cm³/mol. The Morgan fingerprint density at radius 3 is 2.65 bits per heavy atom. The standard InChI is InChI=1S/C16H21N3O/c1-4-5-10-18(2)16(20)15-11-14(12-19(15)3)13-6-8-17-9-7-13/h6-9,11-12H,4-5,10H2,1-3H3. The van der Waals surface area contributed by atoms with Crippen LogP contribution in [0.25, 0.3) is 11.1 Å². The molecule has 2 aromatic heterocycles. The highest BCUT2D eigenvalue weighted by Gasteiger charge is 2.16. The van der Waals surface area contributed by atoms with Crippen molar-refractivity contribution in [3.05, 3.63) is 42.5 Å². The lowest BCUT2D eigenvalue weighted by Gasteiger charge is -2.16. The van der Waals surface area contributed by atoms with Crippen LogP contribution in [-0.2, 0) is 7.05 Å². The number of amides is 1. The first kappa shape index (κ1) is 14.3. The third-order valence-electron chi connectivity index (χ3n) is 3.43. The molecule has 0 aliphatic rings. The van der Waals surface area contributed by atoms with E-state index in [1.807, 2.05) is 43.1 Å². The highest BCUT2D eigenvalue weighted by Crippen LogP contribution is 2.21. The van der Waals surface area contributed by atoms with Gasteiger partial charge in [-0.1, -0.05) is 13.3 Å². The van der Waals surface area contributed by atoms with Crippen molar-refractivity contribution in [1.82, 2.24) is 14.5 Å². The van der Waals surface area contributed by atoms with E-state index in [4.69, 9.17) is 0 Å². The molecule has 2 heterocycles. The van der Waals surface area contributed by atoms with Gasteiger partial charge in [-0.3, -0.25) is 9.78 Å². The van der Waals surface area contributed by atoms with Crippen LogP contribution in [0.4, 0.5) is 0 Å². The lowest BCUT2D eigenvalue weighted by molar-refractivity contribution is 0.0784. The molecular weight excluding hydrogens is 250 g/mol. The molecule has 4 heteroatoms. The molecule has 0 saturated heterocycles. The summed E-state index contributed by atoms with van der Waals surface area (Å²) >= 11 is 0. The molecule has 0 spiro atoms. The van der Waals surface area contributed by atoms with E-state index >= 15 is 0 Å². The summed E-state index contributed by atoms with van der Waals surface area (Å²) in [6.45, 7) is 2.92. The Morgan fingerprint density at radius 1 is 1.30 bits per heavy atom. The summed E-state index contributed by atoms with van der Waals surface area (Å²) in [6.07, 6.45) is 7.63. The van der Waals surface area contributed by atoms with E-state index in [0.717, 1.165) is 36.2 Å². The molecule has 1 amide bonds. The molecule has 0 aliphatic carbocycles. The number of aromatic nitrogens is 2. The number of rotatable bonds is 5. The van der Waals surface area contributed by atoms with Gasteiger partial charge in [0.05, 0.1) is 0 Å². The Morgan fingerprint density at radius 2 is 2.00 bits per heavy atom. The van der Waals surface area contributed by atoms with Crippen LogP contribution in [0.2, 0.25) is 0 Å². The van der Waals surface area contributed by atoms with Gasteiger partial charge in [0.15, 0.2) is 0 Å². The van der Waals surface area contributed by atoms with Crippen LogP contribution in [0.15, 0.2) is 36.8 Å². The SMILES string of the molecule is CCCCN(C)C(=O)c1cc(-c2ccncc2)cn1C. The zero-order valence-electron chi connectivity index (χ0n) is 12.3. The van der Waals surface area contributed by atoms with Crippen LogP contribution in [0.5, 0.6) is 0 Å². The van der Waals surface area contributed by atoms with Crippen molar-refractivity contribution in [3.63, 3.8) is 0 Å². The smallest absolute Gasteiger partial charge is 0.270 e. The summed E-state index contributed by atoms with van der Waals surface area (Å²) in [6, 6.07) is 5.84. The van der Waals surface area contributed by atoms with E-state index in [1.54, 1.807) is 17.3 Å². The predicted octanol–water partition coefficient (Wildman–Crippen LogP) is 2.96. The molecule has 0 aliphatic heterocycles. The number of unbranched alkanes of at least 4 members (excludes halogenated alkanes) is 1. The molecule has 0 unspecified atom stereocenters. The Bertz CT molecular complexity index is 575. The van der Waals surface area contributed by atoms with E-state index in [-0.39, 0.29) is 5.91 Å². The summed E-state index contributed by atoms with van der Waals surface area (Å²) < 4.78 is 1.89. The lowest BCUT2D eigenvalue weighted by atomic mass is 10.1. The maximum Gasteiger partial charge on any atom is 0.270 e. The third kappa shape index (κ3) is 3.07. The van der Waals surface area contributed by atoms with E-state index in [0.29, 0.717) is 0 Å². The first-order chi connectivity index (χ1) is 9.63. The molecule has 106 valence electrons. The van der Waals surface area contributed by atoms with E-state index in [1.165, 1.54) is 0 Å². The monoisotopic (exact) mass is 271 g/mol.